The van der Waals surface area contributed by atoms with Crippen molar-refractivity contribution < 1.29 is 4.79 Å². The van der Waals surface area contributed by atoms with Crippen molar-refractivity contribution in [2.24, 2.45) is 0 Å². The molecule has 0 fully saturated rings. The highest BCUT2D eigenvalue weighted by atomic mass is 16.1. The average molecular weight is 189 g/mol. The van der Waals surface area contributed by atoms with Crippen LogP contribution in [0.3, 0.4) is 0 Å². The largest absolute Gasteiger partial charge is 0.337 e. The van der Waals surface area contributed by atoms with Crippen LogP contribution in [0.25, 0.3) is 0 Å². The lowest BCUT2D eigenvalue weighted by Crippen LogP contribution is -2.26. The Hall–Kier alpha value is -1.89. The zero-order valence-electron chi connectivity index (χ0n) is 7.90. The van der Waals surface area contributed by atoms with E-state index < -0.39 is 6.04 Å². The van der Waals surface area contributed by atoms with Gasteiger partial charge in [0.15, 0.2) is 0 Å². The molecule has 0 saturated heterocycles. The lowest BCUT2D eigenvalue weighted by atomic mass is 10.1. The summed E-state index contributed by atoms with van der Waals surface area (Å²) in [6, 6.07) is 4.91. The van der Waals surface area contributed by atoms with Crippen molar-refractivity contribution in [3.63, 3.8) is 0 Å². The maximum atomic E-state index is 11.1. The minimum Gasteiger partial charge on any atom is -0.337 e. The Kier molecular flexibility index (Phi) is 3.62. The molecule has 1 heterocycles. The number of rotatable bonds is 3. The summed E-state index contributed by atoms with van der Waals surface area (Å²) in [5.74, 6) is -0.139. The van der Waals surface area contributed by atoms with E-state index in [2.05, 4.69) is 10.3 Å². The van der Waals surface area contributed by atoms with Crippen LogP contribution in [0.1, 0.15) is 24.9 Å². The maximum absolute atomic E-state index is 11.1. The number of pyridine rings is 1. The summed E-state index contributed by atoms with van der Waals surface area (Å²) in [5, 5.41) is 11.4. The molecule has 1 N–H and O–H groups in total. The number of hydrogen-bond donors (Lipinski definition) is 1. The summed E-state index contributed by atoms with van der Waals surface area (Å²) in [6.07, 6.45) is 3.57. The van der Waals surface area contributed by atoms with Gasteiger partial charge in [-0.3, -0.25) is 9.78 Å². The topological polar surface area (TPSA) is 65.8 Å². The van der Waals surface area contributed by atoms with E-state index in [0.717, 1.165) is 0 Å². The molecule has 1 unspecified atom stereocenters. The van der Waals surface area contributed by atoms with Gasteiger partial charge in [0.2, 0.25) is 5.91 Å². The first-order chi connectivity index (χ1) is 6.77. The molecule has 0 aliphatic rings. The first-order valence-corrected chi connectivity index (χ1v) is 4.36. The van der Waals surface area contributed by atoms with Crippen LogP contribution in [-0.2, 0) is 4.79 Å². The van der Waals surface area contributed by atoms with Crippen LogP contribution in [-0.4, -0.2) is 10.9 Å². The predicted octanol–water partition coefficient (Wildman–Crippen LogP) is 1.17. The van der Waals surface area contributed by atoms with Gasteiger partial charge in [0, 0.05) is 24.4 Å². The summed E-state index contributed by atoms with van der Waals surface area (Å²) in [6.45, 7) is 1.74. The van der Waals surface area contributed by atoms with Crippen molar-refractivity contribution >= 4 is 5.91 Å². The van der Waals surface area contributed by atoms with Crippen LogP contribution in [0.15, 0.2) is 24.5 Å². The van der Waals surface area contributed by atoms with E-state index in [1.165, 1.54) is 0 Å². The third kappa shape index (κ3) is 2.56. The molecule has 4 heteroatoms. The molecule has 1 aromatic rings. The van der Waals surface area contributed by atoms with E-state index in [4.69, 9.17) is 5.26 Å². The molecule has 1 amide bonds. The molecule has 72 valence electrons. The van der Waals surface area contributed by atoms with Crippen molar-refractivity contribution in [3.8, 4) is 6.07 Å². The second-order valence-corrected chi connectivity index (χ2v) is 2.77. The second-order valence-electron chi connectivity index (χ2n) is 2.77. The molecule has 1 aromatic heterocycles. The van der Waals surface area contributed by atoms with E-state index >= 15 is 0 Å². The third-order valence-electron chi connectivity index (χ3n) is 1.77. The molecule has 0 radical (unpaired) electrons. The van der Waals surface area contributed by atoms with Crippen LogP contribution in [0, 0.1) is 11.3 Å². The van der Waals surface area contributed by atoms with Gasteiger partial charge in [-0.1, -0.05) is 13.0 Å². The molecule has 1 atom stereocenters. The second kappa shape index (κ2) is 4.97. The van der Waals surface area contributed by atoms with Gasteiger partial charge in [-0.25, -0.2) is 0 Å². The fraction of sp³-hybridized carbons (Fsp3) is 0.300. The number of nitrogens with one attached hydrogen (secondary N) is 1. The van der Waals surface area contributed by atoms with Gasteiger partial charge >= 0.3 is 0 Å². The number of carbonyl (C=O) groups is 1. The Morgan fingerprint density at radius 3 is 3.07 bits per heavy atom. The Bertz CT molecular complexity index is 342. The molecule has 0 aromatic carbocycles. The third-order valence-corrected chi connectivity index (χ3v) is 1.77. The first kappa shape index (κ1) is 10.2. The number of amides is 1. The summed E-state index contributed by atoms with van der Waals surface area (Å²) in [4.78, 5) is 15.0. The molecular weight excluding hydrogens is 178 g/mol. The van der Waals surface area contributed by atoms with Crippen molar-refractivity contribution in [1.82, 2.24) is 10.3 Å². The minimum atomic E-state index is -0.601. The molecule has 0 spiro atoms. The standard InChI is InChI=1S/C10H11N3O/c1-2-10(14)13-9(6-11)8-4-3-5-12-7-8/h3-5,7,9H,2H2,1H3,(H,13,14). The van der Waals surface area contributed by atoms with Gasteiger partial charge in [-0.15, -0.1) is 0 Å². The van der Waals surface area contributed by atoms with E-state index in [1.54, 1.807) is 31.5 Å². The van der Waals surface area contributed by atoms with Crippen LogP contribution in [0.5, 0.6) is 0 Å². The van der Waals surface area contributed by atoms with Crippen molar-refractivity contribution in [2.45, 2.75) is 19.4 Å². The van der Waals surface area contributed by atoms with Crippen LogP contribution < -0.4 is 5.32 Å². The van der Waals surface area contributed by atoms with Gasteiger partial charge in [-0.05, 0) is 6.07 Å². The zero-order chi connectivity index (χ0) is 10.4. The minimum absolute atomic E-state index is 0.139. The molecule has 0 saturated carbocycles. The maximum Gasteiger partial charge on any atom is 0.221 e. The van der Waals surface area contributed by atoms with Gasteiger partial charge in [0.05, 0.1) is 6.07 Å². The van der Waals surface area contributed by atoms with Crippen LogP contribution in [0.2, 0.25) is 0 Å². The van der Waals surface area contributed by atoms with Gasteiger partial charge in [-0.2, -0.15) is 5.26 Å². The van der Waals surface area contributed by atoms with Crippen molar-refractivity contribution in [3.05, 3.63) is 30.1 Å². The fourth-order valence-corrected chi connectivity index (χ4v) is 1.000. The highest BCUT2D eigenvalue weighted by molar-refractivity contribution is 5.76. The average Bonchev–Trinajstić information content (AvgIpc) is 2.26. The van der Waals surface area contributed by atoms with E-state index in [-0.39, 0.29) is 5.91 Å². The number of hydrogen-bond acceptors (Lipinski definition) is 3. The monoisotopic (exact) mass is 189 g/mol. The number of carbonyl (C=O) groups excluding carboxylic acids is 1. The summed E-state index contributed by atoms with van der Waals surface area (Å²) in [7, 11) is 0. The highest BCUT2D eigenvalue weighted by Gasteiger charge is 2.11. The molecule has 0 bridgehead atoms. The molecule has 1 rings (SSSR count). The molecule has 14 heavy (non-hydrogen) atoms. The van der Waals surface area contributed by atoms with Crippen LogP contribution >= 0.6 is 0 Å². The van der Waals surface area contributed by atoms with E-state index in [9.17, 15) is 4.79 Å². The summed E-state index contributed by atoms with van der Waals surface area (Å²) < 4.78 is 0. The molecule has 0 aliphatic carbocycles. The van der Waals surface area contributed by atoms with Gasteiger partial charge < -0.3 is 5.32 Å². The summed E-state index contributed by atoms with van der Waals surface area (Å²) >= 11 is 0. The smallest absolute Gasteiger partial charge is 0.221 e. The summed E-state index contributed by atoms with van der Waals surface area (Å²) in [5.41, 5.74) is 0.705. The van der Waals surface area contributed by atoms with E-state index in [1.807, 2.05) is 6.07 Å². The number of aromatic nitrogens is 1. The molecule has 0 aliphatic heterocycles. The zero-order valence-corrected chi connectivity index (χ0v) is 7.90. The van der Waals surface area contributed by atoms with Gasteiger partial charge in [0.1, 0.15) is 6.04 Å². The SMILES string of the molecule is CCC(=O)NC(C#N)c1cccnc1. The lowest BCUT2D eigenvalue weighted by molar-refractivity contribution is -0.121. The Morgan fingerprint density at radius 1 is 1.79 bits per heavy atom. The lowest BCUT2D eigenvalue weighted by Gasteiger charge is -2.09. The quantitative estimate of drug-likeness (QED) is 0.776. The predicted molar refractivity (Wildman–Crippen MR) is 51.0 cm³/mol. The highest BCUT2D eigenvalue weighted by Crippen LogP contribution is 2.09. The molecular formula is C10H11N3O. The van der Waals surface area contributed by atoms with Crippen molar-refractivity contribution in [1.29, 1.82) is 5.26 Å². The Morgan fingerprint density at radius 2 is 2.57 bits per heavy atom. The Labute approximate surface area is 82.6 Å². The first-order valence-electron chi connectivity index (χ1n) is 4.36. The number of nitriles is 1. The number of nitrogens with zero attached hydrogens (tertiary/aromatic N) is 2. The van der Waals surface area contributed by atoms with E-state index in [0.29, 0.717) is 12.0 Å². The van der Waals surface area contributed by atoms with Gasteiger partial charge in [0.25, 0.3) is 0 Å². The fourth-order valence-electron chi connectivity index (χ4n) is 1.000. The Balaban J connectivity index is 2.74. The molecule has 4 nitrogen and oxygen atoms in total. The normalized spacial score (nSPS) is 11.4. The van der Waals surface area contributed by atoms with Crippen molar-refractivity contribution in [2.75, 3.05) is 0 Å². The van der Waals surface area contributed by atoms with Crippen LogP contribution in [0.4, 0.5) is 0 Å².